The van der Waals surface area contributed by atoms with E-state index in [1.165, 1.54) is 30.1 Å². The van der Waals surface area contributed by atoms with Crippen molar-refractivity contribution < 1.29 is 13.9 Å². The van der Waals surface area contributed by atoms with E-state index in [1.54, 1.807) is 42.5 Å². The largest absolute Gasteiger partial charge is 0.495 e. The molecule has 4 aromatic rings. The van der Waals surface area contributed by atoms with Crippen LogP contribution in [0.4, 0.5) is 0 Å². The highest BCUT2D eigenvalue weighted by molar-refractivity contribution is 6.31. The summed E-state index contributed by atoms with van der Waals surface area (Å²) in [6, 6.07) is 14.6. The maximum absolute atomic E-state index is 13.2. The number of ketones is 1. The van der Waals surface area contributed by atoms with E-state index in [9.17, 15) is 19.6 Å². The second kappa shape index (κ2) is 10.5. The molecule has 0 spiro atoms. The topological polar surface area (TPSA) is 118 Å². The van der Waals surface area contributed by atoms with E-state index in [0.717, 1.165) is 5.56 Å². The summed E-state index contributed by atoms with van der Waals surface area (Å²) in [4.78, 5) is 40.0. The van der Waals surface area contributed by atoms with Crippen LogP contribution in [0.15, 0.2) is 74.9 Å². The zero-order valence-corrected chi connectivity index (χ0v) is 20.3. The zero-order chi connectivity index (χ0) is 25.8. The molecule has 2 aromatic carbocycles. The summed E-state index contributed by atoms with van der Waals surface area (Å²) in [6.45, 7) is 1.83. The third-order valence-electron chi connectivity index (χ3n) is 5.89. The molecule has 4 rings (SSSR count). The molecule has 0 aliphatic rings. The third-order valence-corrected chi connectivity index (χ3v) is 6.13. The number of nitrogens with zero attached hydrogens (tertiary/aromatic N) is 2. The van der Waals surface area contributed by atoms with E-state index in [1.807, 2.05) is 6.92 Å². The van der Waals surface area contributed by atoms with Crippen LogP contribution in [0.1, 0.15) is 30.5 Å². The van der Waals surface area contributed by atoms with Gasteiger partial charge in [0, 0.05) is 34.2 Å². The summed E-state index contributed by atoms with van der Waals surface area (Å²) < 4.78 is 11.9. The molecule has 1 unspecified atom stereocenters. The molecule has 9 heteroatoms. The number of nitrogens with one attached hydrogen (secondary N) is 1. The van der Waals surface area contributed by atoms with Crippen LogP contribution in [0.25, 0.3) is 22.5 Å². The lowest BCUT2D eigenvalue weighted by atomic mass is 9.98. The van der Waals surface area contributed by atoms with Gasteiger partial charge in [-0.3, -0.25) is 14.6 Å². The van der Waals surface area contributed by atoms with E-state index >= 15 is 0 Å². The van der Waals surface area contributed by atoms with Gasteiger partial charge in [0.25, 0.3) is 5.56 Å². The van der Waals surface area contributed by atoms with Crippen molar-refractivity contribution in [3.8, 4) is 34.3 Å². The van der Waals surface area contributed by atoms with Gasteiger partial charge < -0.3 is 13.7 Å². The van der Waals surface area contributed by atoms with E-state index in [4.69, 9.17) is 20.8 Å². The van der Waals surface area contributed by atoms with Crippen LogP contribution in [-0.2, 0) is 11.2 Å². The Hall–Kier alpha value is -4.35. The van der Waals surface area contributed by atoms with Crippen molar-refractivity contribution >= 4 is 17.4 Å². The van der Waals surface area contributed by atoms with Gasteiger partial charge in [0.1, 0.15) is 5.75 Å². The number of rotatable bonds is 8. The number of aromatic nitrogens is 2. The Morgan fingerprint density at radius 1 is 1.17 bits per heavy atom. The highest BCUT2D eigenvalue weighted by Crippen LogP contribution is 2.33. The number of aromatic amines is 1. The molecule has 0 radical (unpaired) electrons. The number of ether oxygens (including phenoxy) is 1. The Kier molecular flexibility index (Phi) is 7.23. The number of benzene rings is 2. The van der Waals surface area contributed by atoms with E-state index in [-0.39, 0.29) is 12.2 Å². The van der Waals surface area contributed by atoms with Gasteiger partial charge in [-0.05, 0) is 30.2 Å². The summed E-state index contributed by atoms with van der Waals surface area (Å²) >= 11 is 6.13. The van der Waals surface area contributed by atoms with Gasteiger partial charge >= 0.3 is 5.76 Å². The first-order valence-corrected chi connectivity index (χ1v) is 11.5. The minimum atomic E-state index is -0.711. The second-order valence-corrected chi connectivity index (χ2v) is 8.55. The molecule has 0 aliphatic carbocycles. The summed E-state index contributed by atoms with van der Waals surface area (Å²) in [5.74, 6) is 0.0659. The summed E-state index contributed by atoms with van der Waals surface area (Å²) in [7, 11) is 1.46. The monoisotopic (exact) mass is 503 g/mol. The molecule has 0 aliphatic heterocycles. The number of methoxy groups -OCH3 is 1. The normalized spacial score (nSPS) is 11.6. The summed E-state index contributed by atoms with van der Waals surface area (Å²) in [5.41, 5.74) is 2.31. The number of nitriles is 1. The van der Waals surface area contributed by atoms with Gasteiger partial charge in [-0.15, -0.1) is 0 Å². The minimum absolute atomic E-state index is 0.110. The van der Waals surface area contributed by atoms with Crippen LogP contribution in [0.2, 0.25) is 5.02 Å². The first-order chi connectivity index (χ1) is 17.3. The number of carbonyl (C=O) groups is 1. The highest BCUT2D eigenvalue weighted by atomic mass is 35.5. The predicted octanol–water partition coefficient (Wildman–Crippen LogP) is 4.76. The fraction of sp³-hybridized carbons (Fsp3) is 0.185. The molecule has 1 atom stereocenters. The molecule has 2 heterocycles. The molecule has 2 aromatic heterocycles. The Bertz CT molecular complexity index is 1570. The molecule has 8 nitrogen and oxygen atoms in total. The first-order valence-electron chi connectivity index (χ1n) is 11.1. The van der Waals surface area contributed by atoms with Crippen molar-refractivity contribution in [1.29, 1.82) is 5.26 Å². The molecular weight excluding hydrogens is 482 g/mol. The Balaban J connectivity index is 1.63. The Labute approximate surface area is 211 Å². The fourth-order valence-electron chi connectivity index (χ4n) is 4.09. The smallest absolute Gasteiger partial charge is 0.416 e. The summed E-state index contributed by atoms with van der Waals surface area (Å²) in [6.07, 6.45) is 3.48. The number of hydrogen-bond donors (Lipinski definition) is 1. The van der Waals surface area contributed by atoms with Crippen molar-refractivity contribution in [2.75, 3.05) is 7.11 Å². The average molecular weight is 504 g/mol. The molecule has 182 valence electrons. The Morgan fingerprint density at radius 2 is 1.92 bits per heavy atom. The molecule has 1 N–H and O–H groups in total. The lowest BCUT2D eigenvalue weighted by Crippen LogP contribution is -2.30. The van der Waals surface area contributed by atoms with Gasteiger partial charge in [0.15, 0.2) is 11.5 Å². The average Bonchev–Trinajstić information content (AvgIpc) is 3.31. The lowest BCUT2D eigenvalue weighted by Gasteiger charge is -2.20. The van der Waals surface area contributed by atoms with Crippen molar-refractivity contribution in [2.45, 2.75) is 25.8 Å². The number of Topliss-reactive ketones (excluding diaryl/α,β-unsaturated/α-hetero) is 1. The van der Waals surface area contributed by atoms with Crippen LogP contribution < -0.4 is 16.1 Å². The highest BCUT2D eigenvalue weighted by Gasteiger charge is 2.23. The van der Waals surface area contributed by atoms with E-state index in [0.29, 0.717) is 45.2 Å². The number of oxazole rings is 1. The van der Waals surface area contributed by atoms with E-state index in [2.05, 4.69) is 11.1 Å². The molecule has 0 saturated heterocycles. The van der Waals surface area contributed by atoms with Gasteiger partial charge in [0.05, 0.1) is 37.2 Å². The maximum Gasteiger partial charge on any atom is 0.416 e. The van der Waals surface area contributed by atoms with Gasteiger partial charge in [-0.2, -0.15) is 5.26 Å². The molecule has 0 fully saturated rings. The van der Waals surface area contributed by atoms with Crippen LogP contribution in [-0.4, -0.2) is 22.4 Å². The Morgan fingerprint density at radius 3 is 2.53 bits per heavy atom. The minimum Gasteiger partial charge on any atom is -0.495 e. The van der Waals surface area contributed by atoms with Crippen molar-refractivity contribution in [3.05, 3.63) is 98.0 Å². The maximum atomic E-state index is 13.2. The van der Waals surface area contributed by atoms with E-state index < -0.39 is 17.4 Å². The summed E-state index contributed by atoms with van der Waals surface area (Å²) in [5, 5.41) is 9.92. The zero-order valence-electron chi connectivity index (χ0n) is 19.6. The van der Waals surface area contributed by atoms with Crippen molar-refractivity contribution in [1.82, 2.24) is 9.55 Å². The van der Waals surface area contributed by atoms with Crippen LogP contribution in [0.3, 0.4) is 0 Å². The lowest BCUT2D eigenvalue weighted by molar-refractivity contribution is -0.121. The predicted molar refractivity (Wildman–Crippen MR) is 135 cm³/mol. The first kappa shape index (κ1) is 24.8. The SMILES string of the molecule is CCC(C(=O)Cc1ccc(-c2c[nH]c(=O)o2)cc1)n1cc(OC)c(-c2cc(Cl)ccc2C#N)cc1=O. The second-order valence-electron chi connectivity index (χ2n) is 8.11. The van der Waals surface area contributed by atoms with Crippen molar-refractivity contribution in [3.63, 3.8) is 0 Å². The molecular formula is C27H22ClN3O5. The number of carbonyl (C=O) groups excluding carboxylic acids is 1. The third kappa shape index (κ3) is 5.02. The molecule has 36 heavy (non-hydrogen) atoms. The number of H-pyrrole nitrogens is 1. The number of halogens is 1. The quantitative estimate of drug-likeness (QED) is 0.370. The van der Waals surface area contributed by atoms with Crippen LogP contribution in [0.5, 0.6) is 5.75 Å². The van der Waals surface area contributed by atoms with Crippen LogP contribution in [0, 0.1) is 11.3 Å². The van der Waals surface area contributed by atoms with Crippen molar-refractivity contribution in [2.24, 2.45) is 0 Å². The number of pyridine rings is 1. The number of hydrogen-bond acceptors (Lipinski definition) is 6. The van der Waals surface area contributed by atoms with Gasteiger partial charge in [-0.1, -0.05) is 42.8 Å². The van der Waals surface area contributed by atoms with Gasteiger partial charge in [0.2, 0.25) is 0 Å². The molecule has 0 bridgehead atoms. The fourth-order valence-corrected chi connectivity index (χ4v) is 4.27. The van der Waals surface area contributed by atoms with Crippen LogP contribution >= 0.6 is 11.6 Å². The molecule has 0 saturated carbocycles. The van der Waals surface area contributed by atoms with Gasteiger partial charge in [-0.25, -0.2) is 4.79 Å². The standard InChI is InChI=1S/C27H22ClN3O5/c1-3-22(23(32)10-16-4-6-17(7-5-16)24-14-30-27(34)36-24)31-15-25(35-2)21(12-26(31)33)20-11-19(28)9-8-18(20)13-29/h4-9,11-12,14-15,22H,3,10H2,1-2H3,(H,30,34). The molecule has 0 amide bonds.